The maximum atomic E-state index is 11.8. The van der Waals surface area contributed by atoms with E-state index in [2.05, 4.69) is 11.9 Å². The third-order valence-electron chi connectivity index (χ3n) is 2.39. The lowest BCUT2D eigenvalue weighted by atomic mass is 10.2. The number of nitrogens with zero attached hydrogens (tertiary/aromatic N) is 2. The molecule has 0 aliphatic carbocycles. The lowest BCUT2D eigenvalue weighted by Gasteiger charge is -2.21. The van der Waals surface area contributed by atoms with Gasteiger partial charge in [-0.3, -0.25) is 9.10 Å². The minimum absolute atomic E-state index is 0.259. The van der Waals surface area contributed by atoms with Gasteiger partial charge in [-0.2, -0.15) is 5.26 Å². The van der Waals surface area contributed by atoms with Gasteiger partial charge in [0.2, 0.25) is 15.9 Å². The summed E-state index contributed by atoms with van der Waals surface area (Å²) in [5.74, 6) is -0.447. The molecular formula is C13H15N3O3S. The zero-order chi connectivity index (χ0) is 15.2. The molecule has 0 heterocycles. The fraction of sp³-hybridized carbons (Fsp3) is 0.231. The van der Waals surface area contributed by atoms with Gasteiger partial charge in [0.25, 0.3) is 0 Å². The molecule has 0 aliphatic rings. The second kappa shape index (κ2) is 6.73. The summed E-state index contributed by atoms with van der Waals surface area (Å²) in [6.07, 6.45) is 2.51. The molecule has 1 aromatic carbocycles. The summed E-state index contributed by atoms with van der Waals surface area (Å²) >= 11 is 0. The van der Waals surface area contributed by atoms with E-state index >= 15 is 0 Å². The third-order valence-corrected chi connectivity index (χ3v) is 3.53. The molecule has 1 N–H and O–H groups in total. The quantitative estimate of drug-likeness (QED) is 0.779. The summed E-state index contributed by atoms with van der Waals surface area (Å²) in [7, 11) is -3.63. The van der Waals surface area contributed by atoms with Crippen molar-refractivity contribution in [3.05, 3.63) is 42.5 Å². The molecule has 1 amide bonds. The fourth-order valence-electron chi connectivity index (χ4n) is 1.50. The number of carbonyl (C=O) groups is 1. The van der Waals surface area contributed by atoms with Crippen molar-refractivity contribution in [2.75, 3.05) is 23.7 Å². The van der Waals surface area contributed by atoms with Crippen molar-refractivity contribution in [2.24, 2.45) is 0 Å². The lowest BCUT2D eigenvalue weighted by molar-refractivity contribution is -0.119. The van der Waals surface area contributed by atoms with Crippen molar-refractivity contribution in [3.8, 4) is 6.07 Å². The van der Waals surface area contributed by atoms with Crippen molar-refractivity contribution >= 4 is 21.6 Å². The van der Waals surface area contributed by atoms with E-state index in [1.54, 1.807) is 12.1 Å². The van der Waals surface area contributed by atoms with Gasteiger partial charge >= 0.3 is 0 Å². The Bertz CT molecular complexity index is 647. The molecule has 0 spiro atoms. The molecule has 0 aliphatic heterocycles. The minimum atomic E-state index is -3.63. The highest BCUT2D eigenvalue weighted by molar-refractivity contribution is 7.92. The second-order valence-corrected chi connectivity index (χ2v) is 5.93. The molecule has 1 aromatic rings. The topological polar surface area (TPSA) is 90.3 Å². The highest BCUT2D eigenvalue weighted by Gasteiger charge is 2.20. The predicted octanol–water partition coefficient (Wildman–Crippen LogP) is 0.626. The molecule has 7 heteroatoms. The van der Waals surface area contributed by atoms with Crippen LogP contribution in [0, 0.1) is 11.3 Å². The predicted molar refractivity (Wildman–Crippen MR) is 76.6 cm³/mol. The van der Waals surface area contributed by atoms with E-state index in [9.17, 15) is 13.2 Å². The van der Waals surface area contributed by atoms with Crippen molar-refractivity contribution in [3.63, 3.8) is 0 Å². The number of carbonyl (C=O) groups excluding carboxylic acids is 1. The van der Waals surface area contributed by atoms with Crippen LogP contribution in [0.15, 0.2) is 36.9 Å². The summed E-state index contributed by atoms with van der Waals surface area (Å²) in [6.45, 7) is 3.37. The Balaban J connectivity index is 3.05. The second-order valence-electron chi connectivity index (χ2n) is 4.02. The van der Waals surface area contributed by atoms with Gasteiger partial charge in [0.05, 0.1) is 23.6 Å². The van der Waals surface area contributed by atoms with E-state index in [1.165, 1.54) is 18.2 Å². The number of hydrogen-bond donors (Lipinski definition) is 1. The van der Waals surface area contributed by atoms with Gasteiger partial charge < -0.3 is 5.32 Å². The van der Waals surface area contributed by atoms with E-state index in [1.807, 2.05) is 6.07 Å². The van der Waals surface area contributed by atoms with E-state index in [0.29, 0.717) is 5.56 Å². The molecule has 0 aromatic heterocycles. The third kappa shape index (κ3) is 4.40. The maximum Gasteiger partial charge on any atom is 0.241 e. The largest absolute Gasteiger partial charge is 0.351 e. The number of hydrogen-bond acceptors (Lipinski definition) is 4. The number of nitrogens with one attached hydrogen (secondary N) is 1. The molecule has 0 unspecified atom stereocenters. The molecule has 106 valence electrons. The zero-order valence-corrected chi connectivity index (χ0v) is 11.9. The van der Waals surface area contributed by atoms with Crippen LogP contribution in [0.2, 0.25) is 0 Å². The first-order valence-corrected chi connectivity index (χ1v) is 7.59. The summed E-state index contributed by atoms with van der Waals surface area (Å²) in [5, 5.41) is 11.3. The number of anilines is 1. The standard InChI is InChI=1S/C13H15N3O3S/c1-3-7-15-13(17)10-16(20(2,18)19)12-6-4-5-11(8-12)9-14/h3-6,8H,1,7,10H2,2H3,(H,15,17). The molecule has 1 rings (SSSR count). The van der Waals surface area contributed by atoms with Crippen LogP contribution in [0.3, 0.4) is 0 Å². The SMILES string of the molecule is C=CCNC(=O)CN(c1cccc(C#N)c1)S(C)(=O)=O. The molecule has 0 radical (unpaired) electrons. The van der Waals surface area contributed by atoms with E-state index < -0.39 is 15.9 Å². The van der Waals surface area contributed by atoms with Crippen molar-refractivity contribution in [1.82, 2.24) is 5.32 Å². The monoisotopic (exact) mass is 293 g/mol. The number of nitriles is 1. The average Bonchev–Trinajstić information content (AvgIpc) is 2.41. The summed E-state index contributed by atoms with van der Waals surface area (Å²) in [4.78, 5) is 11.7. The van der Waals surface area contributed by atoms with Crippen LogP contribution in [-0.4, -0.2) is 33.7 Å². The molecule has 0 saturated carbocycles. The smallest absolute Gasteiger partial charge is 0.241 e. The van der Waals surface area contributed by atoms with Gasteiger partial charge in [0.15, 0.2) is 0 Å². The highest BCUT2D eigenvalue weighted by Crippen LogP contribution is 2.18. The van der Waals surface area contributed by atoms with Crippen molar-refractivity contribution in [1.29, 1.82) is 5.26 Å². The van der Waals surface area contributed by atoms with Crippen molar-refractivity contribution in [2.45, 2.75) is 0 Å². The van der Waals surface area contributed by atoms with Crippen LogP contribution in [0.1, 0.15) is 5.56 Å². The molecule has 20 heavy (non-hydrogen) atoms. The first-order chi connectivity index (χ1) is 9.38. The first-order valence-electron chi connectivity index (χ1n) is 5.74. The van der Waals surface area contributed by atoms with Crippen LogP contribution < -0.4 is 9.62 Å². The highest BCUT2D eigenvalue weighted by atomic mass is 32.2. The molecule has 6 nitrogen and oxygen atoms in total. The maximum absolute atomic E-state index is 11.8. The Morgan fingerprint density at radius 1 is 1.55 bits per heavy atom. The van der Waals surface area contributed by atoms with Crippen molar-refractivity contribution < 1.29 is 13.2 Å². The lowest BCUT2D eigenvalue weighted by Crippen LogP contribution is -2.40. The minimum Gasteiger partial charge on any atom is -0.351 e. The Kier molecular flexibility index (Phi) is 5.29. The van der Waals surface area contributed by atoms with Gasteiger partial charge in [0.1, 0.15) is 6.54 Å². The fourth-order valence-corrected chi connectivity index (χ4v) is 2.35. The van der Waals surface area contributed by atoms with E-state index in [4.69, 9.17) is 5.26 Å². The molecule has 0 fully saturated rings. The van der Waals surface area contributed by atoms with Gasteiger partial charge in [-0.15, -0.1) is 6.58 Å². The van der Waals surface area contributed by atoms with Gasteiger partial charge in [-0.1, -0.05) is 12.1 Å². The number of benzene rings is 1. The number of amides is 1. The Labute approximate surface area is 118 Å². The molecule has 0 bridgehead atoms. The Morgan fingerprint density at radius 2 is 2.25 bits per heavy atom. The number of rotatable bonds is 6. The van der Waals surface area contributed by atoms with Crippen LogP contribution in [-0.2, 0) is 14.8 Å². The molecule has 0 atom stereocenters. The van der Waals surface area contributed by atoms with Crippen LogP contribution in [0.5, 0.6) is 0 Å². The van der Waals surface area contributed by atoms with Gasteiger partial charge in [-0.05, 0) is 18.2 Å². The first kappa shape index (κ1) is 15.7. The van der Waals surface area contributed by atoms with Crippen LogP contribution in [0.25, 0.3) is 0 Å². The van der Waals surface area contributed by atoms with Gasteiger partial charge in [-0.25, -0.2) is 8.42 Å². The Morgan fingerprint density at radius 3 is 2.80 bits per heavy atom. The summed E-state index contributed by atoms with van der Waals surface area (Å²) < 4.78 is 24.5. The van der Waals surface area contributed by atoms with Crippen LogP contribution >= 0.6 is 0 Å². The van der Waals surface area contributed by atoms with E-state index in [0.717, 1.165) is 10.6 Å². The summed E-state index contributed by atoms with van der Waals surface area (Å²) in [6, 6.07) is 8.00. The summed E-state index contributed by atoms with van der Waals surface area (Å²) in [5.41, 5.74) is 0.600. The Hall–Kier alpha value is -2.33. The van der Waals surface area contributed by atoms with E-state index in [-0.39, 0.29) is 18.8 Å². The van der Waals surface area contributed by atoms with Gasteiger partial charge in [0, 0.05) is 6.54 Å². The van der Waals surface area contributed by atoms with Crippen LogP contribution in [0.4, 0.5) is 5.69 Å². The number of sulfonamides is 1. The normalized spacial score (nSPS) is 10.4. The average molecular weight is 293 g/mol. The molecule has 0 saturated heterocycles. The zero-order valence-electron chi connectivity index (χ0n) is 11.0. The molecular weight excluding hydrogens is 278 g/mol.